The second-order valence-corrected chi connectivity index (χ2v) is 1.78. The SMILES string of the molecule is [2H]c1c[c-]oc1SC. The molecule has 0 fully saturated rings. The lowest BCUT2D eigenvalue weighted by Gasteiger charge is -1.91. The first-order valence-corrected chi connectivity index (χ1v) is 3.07. The lowest BCUT2D eigenvalue weighted by molar-refractivity contribution is 0.467. The van der Waals surface area contributed by atoms with E-state index in [4.69, 9.17) is 5.79 Å². The molecule has 1 aromatic heterocycles. The van der Waals surface area contributed by atoms with Gasteiger partial charge in [-0.2, -0.15) is 17.8 Å². The molecule has 0 saturated carbocycles. The van der Waals surface area contributed by atoms with Gasteiger partial charge >= 0.3 is 0 Å². The fraction of sp³-hybridized carbons (Fsp3) is 0.200. The second kappa shape index (κ2) is 2.07. The molecule has 7 heavy (non-hydrogen) atoms. The third-order valence-electron chi connectivity index (χ3n) is 0.586. The van der Waals surface area contributed by atoms with E-state index in [-0.39, 0.29) is 0 Å². The molecule has 38 valence electrons. The second-order valence-electron chi connectivity index (χ2n) is 1.00. The van der Waals surface area contributed by atoms with Crippen LogP contribution in [-0.2, 0) is 0 Å². The monoisotopic (exact) mass is 114 g/mol. The van der Waals surface area contributed by atoms with Crippen LogP contribution in [0.1, 0.15) is 1.37 Å². The summed E-state index contributed by atoms with van der Waals surface area (Å²) in [6.07, 6.45) is 4.33. The van der Waals surface area contributed by atoms with E-state index >= 15 is 0 Å². The van der Waals surface area contributed by atoms with E-state index in [9.17, 15) is 0 Å². The van der Waals surface area contributed by atoms with Gasteiger partial charge in [0.2, 0.25) is 0 Å². The van der Waals surface area contributed by atoms with Crippen LogP contribution < -0.4 is 0 Å². The summed E-state index contributed by atoms with van der Waals surface area (Å²) in [5, 5.41) is 0.630. The molecule has 0 bridgehead atoms. The van der Waals surface area contributed by atoms with Crippen LogP contribution in [0.3, 0.4) is 0 Å². The van der Waals surface area contributed by atoms with Crippen molar-refractivity contribution in [2.24, 2.45) is 0 Å². The molecular weight excluding hydrogens is 108 g/mol. The van der Waals surface area contributed by atoms with Gasteiger partial charge in [0, 0.05) is 0 Å². The van der Waals surface area contributed by atoms with Gasteiger partial charge in [0.15, 0.2) is 0 Å². The van der Waals surface area contributed by atoms with Crippen LogP contribution in [0.15, 0.2) is 21.6 Å². The molecule has 1 heterocycles. The van der Waals surface area contributed by atoms with Crippen molar-refractivity contribution >= 4 is 11.8 Å². The van der Waals surface area contributed by atoms with Crippen molar-refractivity contribution in [1.29, 1.82) is 0 Å². The van der Waals surface area contributed by atoms with Crippen molar-refractivity contribution in [2.45, 2.75) is 5.09 Å². The molecule has 0 atom stereocenters. The number of thioether (sulfide) groups is 1. The van der Waals surface area contributed by atoms with Gasteiger partial charge in [0.1, 0.15) is 0 Å². The van der Waals surface area contributed by atoms with E-state index < -0.39 is 0 Å². The highest BCUT2D eigenvalue weighted by Gasteiger charge is 1.72. The van der Waals surface area contributed by atoms with Crippen molar-refractivity contribution in [3.05, 3.63) is 18.4 Å². The Kier molecular flexibility index (Phi) is 1.07. The van der Waals surface area contributed by atoms with Crippen LogP contribution in [0, 0.1) is 6.26 Å². The van der Waals surface area contributed by atoms with Gasteiger partial charge < -0.3 is 4.42 Å². The molecule has 0 unspecified atom stereocenters. The van der Waals surface area contributed by atoms with Gasteiger partial charge in [-0.05, 0) is 19.0 Å². The minimum Gasteiger partial charge on any atom is -0.585 e. The maximum atomic E-state index is 7.10. The summed E-state index contributed by atoms with van der Waals surface area (Å²) in [4.78, 5) is 0. The Balaban J connectivity index is 2.92. The topological polar surface area (TPSA) is 13.1 Å². The standard InChI is InChI=1S/C5H5OS/c1-7-5-3-2-4-6-5/h2-3H,1H3/q-1/i3D. The summed E-state index contributed by atoms with van der Waals surface area (Å²) < 4.78 is 11.9. The van der Waals surface area contributed by atoms with Gasteiger partial charge in [-0.25, -0.2) is 0 Å². The quantitative estimate of drug-likeness (QED) is 0.408. The Labute approximate surface area is 48.1 Å². The lowest BCUT2D eigenvalue weighted by Crippen LogP contribution is -1.50. The van der Waals surface area contributed by atoms with Gasteiger partial charge in [-0.3, -0.25) is 0 Å². The first-order chi connectivity index (χ1) is 3.84. The smallest absolute Gasteiger partial charge is 0.00104 e. The molecule has 0 aliphatic heterocycles. The zero-order valence-electron chi connectivity index (χ0n) is 4.89. The Morgan fingerprint density at radius 1 is 2.14 bits per heavy atom. The molecule has 0 N–H and O–H groups in total. The number of hydrogen-bond acceptors (Lipinski definition) is 2. The molecule has 0 aromatic carbocycles. The van der Waals surface area contributed by atoms with Gasteiger partial charge in [-0.1, -0.05) is 0 Å². The fourth-order valence-corrected chi connectivity index (χ4v) is 0.610. The highest BCUT2D eigenvalue weighted by molar-refractivity contribution is 7.98. The normalized spacial score (nSPS) is 11.3. The van der Waals surface area contributed by atoms with E-state index in [1.165, 1.54) is 17.8 Å². The molecular formula is C5H5OS-. The summed E-state index contributed by atoms with van der Waals surface area (Å²) in [5.41, 5.74) is 0. The summed E-state index contributed by atoms with van der Waals surface area (Å²) in [6.45, 7) is 0. The minimum atomic E-state index is 0.414. The predicted molar refractivity (Wildman–Crippen MR) is 29.3 cm³/mol. The molecule has 0 aliphatic rings. The Morgan fingerprint density at radius 2 is 3.00 bits per heavy atom. The maximum Gasteiger partial charge on any atom is -0.00104 e. The summed E-state index contributed by atoms with van der Waals surface area (Å²) in [7, 11) is 0. The van der Waals surface area contributed by atoms with E-state index in [0.29, 0.717) is 11.1 Å². The van der Waals surface area contributed by atoms with Gasteiger partial charge in [0.25, 0.3) is 0 Å². The summed E-state index contributed by atoms with van der Waals surface area (Å²) in [6, 6.07) is 1.92. The first kappa shape index (κ1) is 3.61. The van der Waals surface area contributed by atoms with Crippen molar-refractivity contribution < 1.29 is 5.79 Å². The summed E-state index contributed by atoms with van der Waals surface area (Å²) in [5.74, 6) is 0. The molecule has 0 aliphatic carbocycles. The Hall–Kier alpha value is -0.370. The average molecular weight is 114 g/mol. The lowest BCUT2D eigenvalue weighted by atomic mass is 10.7. The summed E-state index contributed by atoms with van der Waals surface area (Å²) >= 11 is 1.42. The highest BCUT2D eigenvalue weighted by Crippen LogP contribution is 2.12. The molecule has 1 nitrogen and oxygen atoms in total. The third kappa shape index (κ3) is 0.996. The van der Waals surface area contributed by atoms with E-state index in [1.807, 2.05) is 6.26 Å². The Morgan fingerprint density at radius 3 is 3.29 bits per heavy atom. The number of rotatable bonds is 1. The van der Waals surface area contributed by atoms with Crippen LogP contribution >= 0.6 is 11.8 Å². The van der Waals surface area contributed by atoms with Gasteiger partial charge in [0.05, 0.1) is 0 Å². The van der Waals surface area contributed by atoms with Crippen LogP contribution in [0.2, 0.25) is 0 Å². The molecule has 0 saturated heterocycles. The van der Waals surface area contributed by atoms with Crippen molar-refractivity contribution in [3.63, 3.8) is 0 Å². The minimum absolute atomic E-state index is 0.414. The average Bonchev–Trinajstić information content (AvgIpc) is 2.14. The number of hydrogen-bond donors (Lipinski definition) is 0. The van der Waals surface area contributed by atoms with Crippen LogP contribution in [0.4, 0.5) is 0 Å². The van der Waals surface area contributed by atoms with Crippen molar-refractivity contribution in [3.8, 4) is 0 Å². The van der Waals surface area contributed by atoms with Crippen LogP contribution in [-0.4, -0.2) is 6.26 Å². The van der Waals surface area contributed by atoms with E-state index in [2.05, 4.69) is 6.26 Å². The molecule has 1 rings (SSSR count). The zero-order valence-corrected chi connectivity index (χ0v) is 4.71. The molecule has 0 amide bonds. The van der Waals surface area contributed by atoms with E-state index in [0.717, 1.165) is 0 Å². The molecule has 0 spiro atoms. The van der Waals surface area contributed by atoms with Crippen molar-refractivity contribution in [1.82, 2.24) is 0 Å². The van der Waals surface area contributed by atoms with Crippen molar-refractivity contribution in [2.75, 3.05) is 6.26 Å². The molecule has 0 radical (unpaired) electrons. The molecule has 1 aromatic rings. The third-order valence-corrected chi connectivity index (χ3v) is 1.16. The van der Waals surface area contributed by atoms with Crippen LogP contribution in [0.25, 0.3) is 0 Å². The van der Waals surface area contributed by atoms with Gasteiger partial charge in [-0.15, -0.1) is 6.07 Å². The zero-order chi connectivity index (χ0) is 5.98. The first-order valence-electron chi connectivity index (χ1n) is 2.35. The predicted octanol–water partition coefficient (Wildman–Crippen LogP) is 1.80. The fourth-order valence-electron chi connectivity index (χ4n) is 0.301. The largest absolute Gasteiger partial charge is 0.585 e. The highest BCUT2D eigenvalue weighted by atomic mass is 32.2. The number of furan rings is 1. The van der Waals surface area contributed by atoms with E-state index in [1.54, 1.807) is 0 Å². The Bertz CT molecular complexity index is 173. The van der Waals surface area contributed by atoms with Crippen LogP contribution in [0.5, 0.6) is 0 Å². The molecule has 2 heteroatoms. The maximum absolute atomic E-state index is 7.10.